The van der Waals surface area contributed by atoms with Crippen LogP contribution in [0.15, 0.2) is 66.9 Å². The summed E-state index contributed by atoms with van der Waals surface area (Å²) in [5.74, 6) is 0.423. The molecule has 1 aliphatic heterocycles. The minimum absolute atomic E-state index is 0.220. The van der Waals surface area contributed by atoms with Crippen LogP contribution in [0.25, 0.3) is 10.9 Å². The van der Waals surface area contributed by atoms with Crippen LogP contribution in [0.5, 0.6) is 11.5 Å². The van der Waals surface area contributed by atoms with E-state index in [1.807, 2.05) is 30.0 Å². The summed E-state index contributed by atoms with van der Waals surface area (Å²) in [7, 11) is 5.24. The van der Waals surface area contributed by atoms with Crippen molar-refractivity contribution in [3.05, 3.63) is 83.6 Å². The Bertz CT molecular complexity index is 1960. The van der Waals surface area contributed by atoms with Gasteiger partial charge in [0.15, 0.2) is 0 Å². The predicted octanol–water partition coefficient (Wildman–Crippen LogP) is 6.98. The Kier molecular flexibility index (Phi) is 12.5. The molecule has 3 amide bonds. The summed E-state index contributed by atoms with van der Waals surface area (Å²) in [5, 5.41) is 3.65. The highest BCUT2D eigenvalue weighted by molar-refractivity contribution is 6.09. The average molecular weight is 726 g/mol. The molecule has 0 aliphatic carbocycles. The number of carbonyl (C=O) groups excluding carboxylic acids is 4. The second-order valence-electron chi connectivity index (χ2n) is 14.5. The molecule has 282 valence electrons. The van der Waals surface area contributed by atoms with Crippen molar-refractivity contribution in [1.29, 1.82) is 0 Å². The molecule has 1 aromatic heterocycles. The lowest BCUT2D eigenvalue weighted by atomic mass is 10.1. The largest absolute Gasteiger partial charge is 0.495 e. The number of carbonyl (C=O) groups is 4. The number of ether oxygens (including phenoxy) is 3. The van der Waals surface area contributed by atoms with Crippen molar-refractivity contribution in [2.45, 2.75) is 59.0 Å². The van der Waals surface area contributed by atoms with Crippen LogP contribution in [0, 0.1) is 6.92 Å². The lowest BCUT2D eigenvalue weighted by molar-refractivity contribution is -0.132. The molecule has 1 fully saturated rings. The van der Waals surface area contributed by atoms with E-state index < -0.39 is 17.6 Å². The van der Waals surface area contributed by atoms with Crippen LogP contribution in [0.4, 0.5) is 16.2 Å². The highest BCUT2D eigenvalue weighted by Crippen LogP contribution is 2.32. The summed E-state index contributed by atoms with van der Waals surface area (Å²) in [6, 6.07) is 17.4. The summed E-state index contributed by atoms with van der Waals surface area (Å²) in [4.78, 5) is 58.2. The smallest absolute Gasteiger partial charge is 0.418 e. The molecule has 12 heteroatoms. The minimum Gasteiger partial charge on any atom is -0.495 e. The minimum atomic E-state index is -0.674. The molecule has 0 spiro atoms. The number of unbranched alkanes of at least 4 members (excludes halogenated alkanes) is 2. The third kappa shape index (κ3) is 9.95. The van der Waals surface area contributed by atoms with E-state index in [4.69, 9.17) is 14.2 Å². The maximum atomic E-state index is 13.8. The zero-order valence-electron chi connectivity index (χ0n) is 31.9. The summed E-state index contributed by atoms with van der Waals surface area (Å²) < 4.78 is 18.7. The molecular formula is C41H51N5O7. The Balaban J connectivity index is 1.20. The number of nitrogens with one attached hydrogen (secondary N) is 1. The highest BCUT2D eigenvalue weighted by Gasteiger charge is 2.23. The first-order valence-electron chi connectivity index (χ1n) is 18.1. The fourth-order valence-corrected chi connectivity index (χ4v) is 6.13. The van der Waals surface area contributed by atoms with Crippen LogP contribution in [-0.4, -0.2) is 97.8 Å². The number of nitrogens with zero attached hydrogens (tertiary/aromatic N) is 4. The Morgan fingerprint density at radius 1 is 0.849 bits per heavy atom. The summed E-state index contributed by atoms with van der Waals surface area (Å²) in [5.41, 5.74) is 2.55. The first-order valence-corrected chi connectivity index (χ1v) is 18.1. The summed E-state index contributed by atoms with van der Waals surface area (Å²) >= 11 is 0. The van der Waals surface area contributed by atoms with E-state index in [1.54, 1.807) is 76.5 Å². The number of rotatable bonds is 12. The van der Waals surface area contributed by atoms with Crippen molar-refractivity contribution in [2.75, 3.05) is 64.2 Å². The van der Waals surface area contributed by atoms with Gasteiger partial charge in [0.1, 0.15) is 17.1 Å². The van der Waals surface area contributed by atoms with E-state index in [0.29, 0.717) is 52.5 Å². The van der Waals surface area contributed by atoms with Crippen molar-refractivity contribution < 1.29 is 33.4 Å². The number of hydrogen-bond acceptors (Lipinski definition) is 8. The van der Waals surface area contributed by atoms with Gasteiger partial charge < -0.3 is 34.2 Å². The zero-order valence-corrected chi connectivity index (χ0v) is 31.9. The number of aryl methyl sites for hydroxylation is 1. The number of amides is 3. The second-order valence-corrected chi connectivity index (χ2v) is 14.5. The molecule has 3 aromatic carbocycles. The first kappa shape index (κ1) is 38.9. The summed E-state index contributed by atoms with van der Waals surface area (Å²) in [6.07, 6.45) is 4.08. The average Bonchev–Trinajstić information content (AvgIpc) is 3.56. The molecule has 0 bridgehead atoms. The van der Waals surface area contributed by atoms with E-state index in [2.05, 4.69) is 17.3 Å². The Morgan fingerprint density at radius 2 is 1.58 bits per heavy atom. The number of piperazine rings is 1. The van der Waals surface area contributed by atoms with Crippen LogP contribution < -0.4 is 19.7 Å². The van der Waals surface area contributed by atoms with Crippen LogP contribution >= 0.6 is 0 Å². The second kappa shape index (κ2) is 17.0. The molecule has 1 aliphatic rings. The highest BCUT2D eigenvalue weighted by atomic mass is 16.6. The molecule has 0 saturated carbocycles. The number of likely N-dealkylation sites (N-methyl/N-ethyl adjacent to an activating group) is 1. The Morgan fingerprint density at radius 3 is 2.30 bits per heavy atom. The standard InChI is InChI=1S/C41H51N5O7/c1-28-12-17-33(36(25-28)52-24-10-8-9-11-37(47)45-22-20-43(5)21-23-45)44(6)39(49)31-15-16-32(35(27-31)51-7)42-38(48)30-14-13-29-18-19-46(34(29)26-30)40(50)53-41(2,3)4/h12-19,25-27H,8-11,20-24H2,1-7H3,(H,42,48). The fourth-order valence-electron chi connectivity index (χ4n) is 6.13. The third-order valence-corrected chi connectivity index (χ3v) is 9.17. The lowest BCUT2D eigenvalue weighted by Crippen LogP contribution is -2.47. The molecule has 1 saturated heterocycles. The maximum Gasteiger partial charge on any atom is 0.418 e. The Labute approximate surface area is 311 Å². The fraction of sp³-hybridized carbons (Fsp3) is 0.415. The summed E-state index contributed by atoms with van der Waals surface area (Å²) in [6.45, 7) is 11.2. The maximum absolute atomic E-state index is 13.8. The third-order valence-electron chi connectivity index (χ3n) is 9.17. The molecule has 0 radical (unpaired) electrons. The van der Waals surface area contributed by atoms with Gasteiger partial charge in [0, 0.05) is 62.4 Å². The van der Waals surface area contributed by atoms with E-state index in [0.717, 1.165) is 56.4 Å². The van der Waals surface area contributed by atoms with Crippen LogP contribution in [0.2, 0.25) is 0 Å². The first-order chi connectivity index (χ1) is 25.2. The van der Waals surface area contributed by atoms with Gasteiger partial charge in [0.25, 0.3) is 11.8 Å². The molecular weight excluding hydrogens is 674 g/mol. The van der Waals surface area contributed by atoms with Crippen molar-refractivity contribution in [3.8, 4) is 11.5 Å². The van der Waals surface area contributed by atoms with E-state index in [1.165, 1.54) is 16.6 Å². The zero-order chi connectivity index (χ0) is 38.3. The number of fused-ring (bicyclic) bond motifs is 1. The van der Waals surface area contributed by atoms with Crippen molar-refractivity contribution >= 4 is 46.1 Å². The molecule has 0 atom stereocenters. The molecule has 4 aromatic rings. The van der Waals surface area contributed by atoms with Gasteiger partial charge in [-0.2, -0.15) is 0 Å². The van der Waals surface area contributed by atoms with Gasteiger partial charge in [-0.05, 0) is 108 Å². The predicted molar refractivity (Wildman–Crippen MR) is 206 cm³/mol. The molecule has 12 nitrogen and oxygen atoms in total. The molecule has 0 unspecified atom stereocenters. The number of anilines is 2. The van der Waals surface area contributed by atoms with Gasteiger partial charge in [-0.25, -0.2) is 4.79 Å². The molecule has 5 rings (SSSR count). The van der Waals surface area contributed by atoms with Crippen molar-refractivity contribution in [3.63, 3.8) is 0 Å². The number of methoxy groups -OCH3 is 1. The molecule has 53 heavy (non-hydrogen) atoms. The van der Waals surface area contributed by atoms with Crippen LogP contribution in [0.3, 0.4) is 0 Å². The topological polar surface area (TPSA) is 123 Å². The van der Waals surface area contributed by atoms with E-state index in [-0.39, 0.29) is 11.8 Å². The Hall–Kier alpha value is -5.36. The van der Waals surface area contributed by atoms with Crippen molar-refractivity contribution in [1.82, 2.24) is 14.4 Å². The quantitative estimate of drug-likeness (QED) is 0.155. The van der Waals surface area contributed by atoms with Gasteiger partial charge in [0.2, 0.25) is 5.91 Å². The van der Waals surface area contributed by atoms with Gasteiger partial charge in [0.05, 0.1) is 30.6 Å². The van der Waals surface area contributed by atoms with Gasteiger partial charge in [-0.3, -0.25) is 19.0 Å². The van der Waals surface area contributed by atoms with Crippen molar-refractivity contribution in [2.24, 2.45) is 0 Å². The lowest BCUT2D eigenvalue weighted by Gasteiger charge is -2.32. The van der Waals surface area contributed by atoms with Gasteiger partial charge >= 0.3 is 6.09 Å². The van der Waals surface area contributed by atoms with E-state index >= 15 is 0 Å². The van der Waals surface area contributed by atoms with Crippen LogP contribution in [0.1, 0.15) is 72.7 Å². The number of hydrogen-bond donors (Lipinski definition) is 1. The van der Waals surface area contributed by atoms with Gasteiger partial charge in [-0.1, -0.05) is 12.1 Å². The molecule has 2 heterocycles. The SMILES string of the molecule is COc1cc(C(=O)N(C)c2ccc(C)cc2OCCCCCC(=O)N2CCN(C)CC2)ccc1NC(=O)c1ccc2ccn(C(=O)OC(C)(C)C)c2c1. The number of aromatic nitrogens is 1. The monoisotopic (exact) mass is 725 g/mol. The van der Waals surface area contributed by atoms with E-state index in [9.17, 15) is 19.2 Å². The van der Waals surface area contributed by atoms with Gasteiger partial charge in [-0.15, -0.1) is 0 Å². The normalized spacial score (nSPS) is 13.5. The molecule has 1 N–H and O–H groups in total. The number of benzene rings is 3. The van der Waals surface area contributed by atoms with Crippen LogP contribution in [-0.2, 0) is 9.53 Å².